The van der Waals surface area contributed by atoms with E-state index in [0.717, 1.165) is 11.1 Å². The van der Waals surface area contributed by atoms with Crippen molar-refractivity contribution >= 4 is 35.3 Å². The highest BCUT2D eigenvalue weighted by atomic mass is 35.5. The molecule has 0 radical (unpaired) electrons. The van der Waals surface area contributed by atoms with Crippen molar-refractivity contribution in [2.45, 2.75) is 13.5 Å². The van der Waals surface area contributed by atoms with Crippen LogP contribution in [0.15, 0.2) is 77.9 Å². The molecule has 0 saturated carbocycles. The van der Waals surface area contributed by atoms with E-state index in [2.05, 4.69) is 15.8 Å². The largest absolute Gasteiger partial charge is 0.488 e. The maximum absolute atomic E-state index is 12.1. The molecule has 0 fully saturated rings. The van der Waals surface area contributed by atoms with E-state index < -0.39 is 11.8 Å². The molecule has 0 aliphatic carbocycles. The number of anilines is 1. The second-order valence-electron chi connectivity index (χ2n) is 6.42. The number of hydrogen-bond donors (Lipinski definition) is 2. The number of nitrogens with one attached hydrogen (secondary N) is 2. The van der Waals surface area contributed by atoms with Gasteiger partial charge in [-0.3, -0.25) is 9.59 Å². The Morgan fingerprint density at radius 1 is 1.00 bits per heavy atom. The predicted octanol–water partition coefficient (Wildman–Crippen LogP) is 4.32. The smallest absolute Gasteiger partial charge is 0.329 e. The van der Waals surface area contributed by atoms with E-state index in [9.17, 15) is 9.59 Å². The van der Waals surface area contributed by atoms with Crippen molar-refractivity contribution in [3.05, 3.63) is 94.5 Å². The summed E-state index contributed by atoms with van der Waals surface area (Å²) < 4.78 is 5.84. The molecule has 0 heterocycles. The predicted molar refractivity (Wildman–Crippen MR) is 118 cm³/mol. The number of nitrogens with zero attached hydrogens (tertiary/aromatic N) is 1. The molecule has 152 valence electrons. The fraction of sp³-hybridized carbons (Fsp3) is 0.0870. The van der Waals surface area contributed by atoms with Crippen LogP contribution in [0.2, 0.25) is 5.02 Å². The zero-order chi connectivity index (χ0) is 21.3. The molecule has 30 heavy (non-hydrogen) atoms. The first kappa shape index (κ1) is 21.1. The zero-order valence-electron chi connectivity index (χ0n) is 16.3. The van der Waals surface area contributed by atoms with Crippen LogP contribution < -0.4 is 15.5 Å². The molecule has 3 aromatic rings. The number of para-hydroxylation sites is 1. The van der Waals surface area contributed by atoms with Crippen molar-refractivity contribution in [3.8, 4) is 5.75 Å². The summed E-state index contributed by atoms with van der Waals surface area (Å²) in [6, 6.07) is 22.1. The zero-order valence-corrected chi connectivity index (χ0v) is 17.0. The SMILES string of the molecule is Cc1ccc(Cl)cc1NC(=O)C(=O)N/N=C/c1ccccc1OCc1ccccc1. The molecule has 2 N–H and O–H groups in total. The highest BCUT2D eigenvalue weighted by Crippen LogP contribution is 2.20. The van der Waals surface area contributed by atoms with Crippen molar-refractivity contribution in [1.29, 1.82) is 0 Å². The number of ether oxygens (including phenoxy) is 1. The Morgan fingerprint density at radius 3 is 2.53 bits per heavy atom. The average molecular weight is 422 g/mol. The van der Waals surface area contributed by atoms with E-state index in [1.165, 1.54) is 6.21 Å². The Morgan fingerprint density at radius 2 is 1.73 bits per heavy atom. The Hall–Kier alpha value is -3.64. The van der Waals surface area contributed by atoms with Gasteiger partial charge in [0.2, 0.25) is 0 Å². The van der Waals surface area contributed by atoms with Crippen LogP contribution in [0.1, 0.15) is 16.7 Å². The lowest BCUT2D eigenvalue weighted by atomic mass is 10.2. The summed E-state index contributed by atoms with van der Waals surface area (Å²) in [6.45, 7) is 2.20. The minimum atomic E-state index is -0.895. The van der Waals surface area contributed by atoms with Gasteiger partial charge in [-0.1, -0.05) is 60.1 Å². The normalized spacial score (nSPS) is 10.6. The van der Waals surface area contributed by atoms with Gasteiger partial charge in [0.15, 0.2) is 0 Å². The van der Waals surface area contributed by atoms with Gasteiger partial charge in [0.05, 0.1) is 6.21 Å². The molecular weight excluding hydrogens is 402 g/mol. The van der Waals surface area contributed by atoms with Crippen LogP contribution >= 0.6 is 11.6 Å². The third-order valence-corrected chi connectivity index (χ3v) is 4.42. The number of carbonyl (C=O) groups is 2. The molecule has 0 saturated heterocycles. The number of halogens is 1. The van der Waals surface area contributed by atoms with Gasteiger partial charge in [-0.05, 0) is 42.3 Å². The number of carbonyl (C=O) groups excluding carboxylic acids is 2. The Bertz CT molecular complexity index is 1070. The fourth-order valence-corrected chi connectivity index (χ4v) is 2.75. The molecule has 6 nitrogen and oxygen atoms in total. The molecule has 3 aromatic carbocycles. The highest BCUT2D eigenvalue weighted by molar-refractivity contribution is 6.40. The summed E-state index contributed by atoms with van der Waals surface area (Å²) in [5.74, 6) is -1.13. The topological polar surface area (TPSA) is 79.8 Å². The van der Waals surface area contributed by atoms with Gasteiger partial charge in [0, 0.05) is 16.3 Å². The summed E-state index contributed by atoms with van der Waals surface area (Å²) in [4.78, 5) is 24.1. The maximum Gasteiger partial charge on any atom is 0.329 e. The molecule has 0 aliphatic rings. The minimum Gasteiger partial charge on any atom is -0.488 e. The van der Waals surface area contributed by atoms with Crippen molar-refractivity contribution in [3.63, 3.8) is 0 Å². The molecular formula is C23H20ClN3O3. The van der Waals surface area contributed by atoms with E-state index in [1.54, 1.807) is 37.3 Å². The Kier molecular flexibility index (Phi) is 7.19. The fourth-order valence-electron chi connectivity index (χ4n) is 2.57. The van der Waals surface area contributed by atoms with Crippen molar-refractivity contribution in [1.82, 2.24) is 5.43 Å². The van der Waals surface area contributed by atoms with Gasteiger partial charge in [-0.15, -0.1) is 0 Å². The van der Waals surface area contributed by atoms with Gasteiger partial charge in [0.25, 0.3) is 0 Å². The monoisotopic (exact) mass is 421 g/mol. The van der Waals surface area contributed by atoms with Gasteiger partial charge < -0.3 is 10.1 Å². The second-order valence-corrected chi connectivity index (χ2v) is 6.86. The van der Waals surface area contributed by atoms with E-state index >= 15 is 0 Å². The molecule has 0 unspecified atom stereocenters. The molecule has 0 atom stereocenters. The lowest BCUT2D eigenvalue weighted by molar-refractivity contribution is -0.136. The van der Waals surface area contributed by atoms with Crippen LogP contribution in [0.3, 0.4) is 0 Å². The molecule has 0 aliphatic heterocycles. The number of hydrazone groups is 1. The third-order valence-electron chi connectivity index (χ3n) is 4.18. The minimum absolute atomic E-state index is 0.402. The molecule has 0 spiro atoms. The first-order valence-electron chi connectivity index (χ1n) is 9.19. The second kappa shape index (κ2) is 10.2. The van der Waals surface area contributed by atoms with Gasteiger partial charge >= 0.3 is 11.8 Å². The van der Waals surface area contributed by atoms with Crippen LogP contribution in [0.25, 0.3) is 0 Å². The van der Waals surface area contributed by atoms with Crippen LogP contribution in [0, 0.1) is 6.92 Å². The van der Waals surface area contributed by atoms with Crippen LogP contribution in [0.5, 0.6) is 5.75 Å². The molecule has 7 heteroatoms. The van der Waals surface area contributed by atoms with Crippen LogP contribution in [-0.4, -0.2) is 18.0 Å². The first-order chi connectivity index (χ1) is 14.5. The van der Waals surface area contributed by atoms with Crippen molar-refractivity contribution < 1.29 is 14.3 Å². The summed E-state index contributed by atoms with van der Waals surface area (Å²) in [5.41, 5.74) is 5.17. The summed E-state index contributed by atoms with van der Waals surface area (Å²) >= 11 is 5.92. The summed E-state index contributed by atoms with van der Waals surface area (Å²) in [5, 5.41) is 6.84. The average Bonchev–Trinajstić information content (AvgIpc) is 2.76. The summed E-state index contributed by atoms with van der Waals surface area (Å²) in [7, 11) is 0. The van der Waals surface area contributed by atoms with E-state index in [1.807, 2.05) is 42.5 Å². The van der Waals surface area contributed by atoms with E-state index in [-0.39, 0.29) is 0 Å². The number of amides is 2. The molecule has 0 aromatic heterocycles. The van der Waals surface area contributed by atoms with Gasteiger partial charge in [0.1, 0.15) is 12.4 Å². The van der Waals surface area contributed by atoms with Gasteiger partial charge in [-0.25, -0.2) is 5.43 Å². The number of aryl methyl sites for hydroxylation is 1. The van der Waals surface area contributed by atoms with Gasteiger partial charge in [-0.2, -0.15) is 5.10 Å². The van der Waals surface area contributed by atoms with E-state index in [4.69, 9.17) is 16.3 Å². The highest BCUT2D eigenvalue weighted by Gasteiger charge is 2.14. The third kappa shape index (κ3) is 5.93. The number of rotatable bonds is 6. The quantitative estimate of drug-likeness (QED) is 0.353. The van der Waals surface area contributed by atoms with Crippen LogP contribution in [0.4, 0.5) is 5.69 Å². The molecule has 0 bridgehead atoms. The standard InChI is InChI=1S/C23H20ClN3O3/c1-16-11-12-19(24)13-20(16)26-22(28)23(29)27-25-14-18-9-5-6-10-21(18)30-15-17-7-3-2-4-8-17/h2-14H,15H2,1H3,(H,26,28)(H,27,29)/b25-14+. The number of benzene rings is 3. The summed E-state index contributed by atoms with van der Waals surface area (Å²) in [6.07, 6.45) is 1.43. The number of hydrogen-bond acceptors (Lipinski definition) is 4. The van der Waals surface area contributed by atoms with Crippen molar-refractivity contribution in [2.75, 3.05) is 5.32 Å². The van der Waals surface area contributed by atoms with Crippen molar-refractivity contribution in [2.24, 2.45) is 5.10 Å². The molecule has 3 rings (SSSR count). The lowest BCUT2D eigenvalue weighted by Gasteiger charge is -2.09. The maximum atomic E-state index is 12.1. The molecule has 2 amide bonds. The Labute approximate surface area is 179 Å². The van der Waals surface area contributed by atoms with E-state index in [0.29, 0.717) is 28.6 Å². The Balaban J connectivity index is 1.58. The van der Waals surface area contributed by atoms with Crippen LogP contribution in [-0.2, 0) is 16.2 Å². The first-order valence-corrected chi connectivity index (χ1v) is 9.57. The lowest BCUT2D eigenvalue weighted by Crippen LogP contribution is -2.32.